The summed E-state index contributed by atoms with van der Waals surface area (Å²) < 4.78 is 5.17. The molecule has 2 N–H and O–H groups in total. The molecule has 2 rings (SSSR count). The number of hydrogen-bond acceptors (Lipinski definition) is 4. The average molecular weight is 353 g/mol. The maximum Gasteiger partial charge on any atom is 0.240 e. The molecule has 0 aromatic heterocycles. The number of carbonyl (C=O) groups is 2. The second kappa shape index (κ2) is 9.36. The van der Waals surface area contributed by atoms with Crippen LogP contribution < -0.4 is 15.5 Å². The third-order valence-corrected chi connectivity index (χ3v) is 3.78. The highest BCUT2D eigenvalue weighted by atomic mass is 16.5. The molecule has 0 aliphatic heterocycles. The van der Waals surface area contributed by atoms with Gasteiger partial charge in [-0.1, -0.05) is 42.0 Å². The Morgan fingerprint density at radius 2 is 1.65 bits per heavy atom. The van der Waals surface area contributed by atoms with Gasteiger partial charge in [0.15, 0.2) is 0 Å². The Kier molecular flexibility index (Phi) is 6.91. The van der Waals surface area contributed by atoms with E-state index in [0.29, 0.717) is 17.1 Å². The molecule has 0 fully saturated rings. The summed E-state index contributed by atoms with van der Waals surface area (Å²) in [5.74, 6) is -0.000788. The number of para-hydroxylation sites is 2. The van der Waals surface area contributed by atoms with E-state index in [1.54, 1.807) is 18.2 Å². The van der Waals surface area contributed by atoms with Crippen LogP contribution in [0.5, 0.6) is 5.75 Å². The molecule has 26 heavy (non-hydrogen) atoms. The fourth-order valence-electron chi connectivity index (χ4n) is 2.25. The molecule has 0 aliphatic rings. The predicted molar refractivity (Wildman–Crippen MR) is 102 cm³/mol. The van der Waals surface area contributed by atoms with E-state index in [-0.39, 0.29) is 24.7 Å². The van der Waals surface area contributed by atoms with Crippen molar-refractivity contribution in [3.8, 4) is 5.75 Å². The van der Waals surface area contributed by atoms with E-state index in [4.69, 9.17) is 4.74 Å². The highest BCUT2D eigenvalue weighted by molar-refractivity contribution is 5.99. The zero-order valence-electron chi connectivity index (χ0n) is 15.2. The van der Waals surface area contributed by atoms with E-state index in [1.165, 1.54) is 7.11 Å². The van der Waals surface area contributed by atoms with Gasteiger partial charge in [-0.05, 0) is 31.5 Å². The number of carbonyl (C=O) groups excluding carboxylic acids is 2. The minimum absolute atomic E-state index is 0.0473. The van der Waals surface area contributed by atoms with E-state index < -0.39 is 0 Å². The molecule has 0 aliphatic carbocycles. The number of nitrogens with zero attached hydrogens (tertiary/aromatic N) is 1. The van der Waals surface area contributed by atoms with Gasteiger partial charge in [0.25, 0.3) is 0 Å². The monoisotopic (exact) mass is 353 g/mol. The molecule has 0 bridgehead atoms. The second-order valence-corrected chi connectivity index (χ2v) is 5.85. The number of nitrogens with one attached hydrogen (secondary N) is 2. The minimum atomic E-state index is -0.313. The Labute approximate surface area is 153 Å². The van der Waals surface area contributed by atoms with Gasteiger partial charge >= 0.3 is 0 Å². The highest BCUT2D eigenvalue weighted by Crippen LogP contribution is 2.23. The third kappa shape index (κ3) is 5.73. The molecular formula is C20H23N3O3. The van der Waals surface area contributed by atoms with Crippen LogP contribution >= 0.6 is 0 Å². The molecule has 2 amide bonds. The number of hydrogen-bond donors (Lipinski definition) is 2. The van der Waals surface area contributed by atoms with Gasteiger partial charge < -0.3 is 10.1 Å². The topological polar surface area (TPSA) is 79.8 Å². The number of amides is 2. The van der Waals surface area contributed by atoms with Crippen LogP contribution in [0.3, 0.4) is 0 Å². The Morgan fingerprint density at radius 3 is 2.35 bits per heavy atom. The largest absolute Gasteiger partial charge is 0.495 e. The molecule has 0 atom stereocenters. The minimum Gasteiger partial charge on any atom is -0.495 e. The van der Waals surface area contributed by atoms with Crippen molar-refractivity contribution < 1.29 is 14.3 Å². The SMILES string of the molecule is COc1ccccc1NC(=O)CCC(=O)N/N=C(\C)c1ccc(C)cc1. The van der Waals surface area contributed by atoms with Gasteiger partial charge in [0.05, 0.1) is 18.5 Å². The first-order valence-electron chi connectivity index (χ1n) is 8.32. The Balaban J connectivity index is 1.81. The maximum absolute atomic E-state index is 12.0. The van der Waals surface area contributed by atoms with Gasteiger partial charge in [0, 0.05) is 12.8 Å². The van der Waals surface area contributed by atoms with E-state index >= 15 is 0 Å². The zero-order chi connectivity index (χ0) is 18.9. The Hall–Kier alpha value is -3.15. The van der Waals surface area contributed by atoms with Crippen molar-refractivity contribution in [3.05, 3.63) is 59.7 Å². The van der Waals surface area contributed by atoms with Crippen molar-refractivity contribution >= 4 is 23.2 Å². The van der Waals surface area contributed by atoms with Crippen molar-refractivity contribution in [1.29, 1.82) is 0 Å². The first-order valence-corrected chi connectivity index (χ1v) is 8.32. The lowest BCUT2D eigenvalue weighted by atomic mass is 10.1. The van der Waals surface area contributed by atoms with Crippen LogP contribution in [-0.2, 0) is 9.59 Å². The first kappa shape index (κ1) is 19.2. The van der Waals surface area contributed by atoms with Crippen molar-refractivity contribution in [3.63, 3.8) is 0 Å². The van der Waals surface area contributed by atoms with Gasteiger partial charge in [-0.3, -0.25) is 9.59 Å². The van der Waals surface area contributed by atoms with Crippen LogP contribution in [0.4, 0.5) is 5.69 Å². The molecule has 0 saturated carbocycles. The molecule has 136 valence electrons. The van der Waals surface area contributed by atoms with E-state index in [9.17, 15) is 9.59 Å². The number of anilines is 1. The van der Waals surface area contributed by atoms with Crippen LogP contribution in [0.15, 0.2) is 53.6 Å². The molecule has 0 unspecified atom stereocenters. The molecule has 0 heterocycles. The standard InChI is InChI=1S/C20H23N3O3/c1-14-8-10-16(11-9-14)15(2)22-23-20(25)13-12-19(24)21-17-6-4-5-7-18(17)26-3/h4-11H,12-13H2,1-3H3,(H,21,24)(H,23,25)/b22-15+. The maximum atomic E-state index is 12.0. The molecule has 6 heteroatoms. The lowest BCUT2D eigenvalue weighted by Crippen LogP contribution is -2.21. The smallest absolute Gasteiger partial charge is 0.240 e. The molecule has 0 radical (unpaired) electrons. The second-order valence-electron chi connectivity index (χ2n) is 5.85. The van der Waals surface area contributed by atoms with Crippen molar-refractivity contribution in [1.82, 2.24) is 5.43 Å². The number of methoxy groups -OCH3 is 1. The van der Waals surface area contributed by atoms with Gasteiger partial charge in [0.1, 0.15) is 5.75 Å². The number of benzene rings is 2. The molecule has 2 aromatic rings. The summed E-state index contributed by atoms with van der Waals surface area (Å²) in [6.45, 7) is 3.83. The summed E-state index contributed by atoms with van der Waals surface area (Å²) in [6, 6.07) is 15.0. The van der Waals surface area contributed by atoms with Crippen LogP contribution in [0, 0.1) is 6.92 Å². The van der Waals surface area contributed by atoms with Gasteiger partial charge in [-0.25, -0.2) is 5.43 Å². The van der Waals surface area contributed by atoms with E-state index in [0.717, 1.165) is 11.1 Å². The fraction of sp³-hybridized carbons (Fsp3) is 0.250. The average Bonchev–Trinajstić information content (AvgIpc) is 2.65. The lowest BCUT2D eigenvalue weighted by Gasteiger charge is -2.09. The summed E-state index contributed by atoms with van der Waals surface area (Å²) in [7, 11) is 1.53. The number of ether oxygens (including phenoxy) is 1. The third-order valence-electron chi connectivity index (χ3n) is 3.78. The van der Waals surface area contributed by atoms with Crippen LogP contribution in [0.25, 0.3) is 0 Å². The molecule has 6 nitrogen and oxygen atoms in total. The number of aryl methyl sites for hydroxylation is 1. The van der Waals surface area contributed by atoms with Crippen LogP contribution in [-0.4, -0.2) is 24.6 Å². The van der Waals surface area contributed by atoms with Crippen LogP contribution in [0.2, 0.25) is 0 Å². The van der Waals surface area contributed by atoms with E-state index in [1.807, 2.05) is 44.2 Å². The van der Waals surface area contributed by atoms with Crippen molar-refractivity contribution in [2.24, 2.45) is 5.10 Å². The van der Waals surface area contributed by atoms with Crippen molar-refractivity contribution in [2.75, 3.05) is 12.4 Å². The van der Waals surface area contributed by atoms with Gasteiger partial charge in [0.2, 0.25) is 11.8 Å². The molecule has 2 aromatic carbocycles. The number of hydrazone groups is 1. The summed E-state index contributed by atoms with van der Waals surface area (Å²) in [6.07, 6.45) is 0.106. The van der Waals surface area contributed by atoms with E-state index in [2.05, 4.69) is 15.8 Å². The van der Waals surface area contributed by atoms with Crippen molar-refractivity contribution in [2.45, 2.75) is 26.7 Å². The van der Waals surface area contributed by atoms with Crippen LogP contribution in [0.1, 0.15) is 30.9 Å². The normalized spacial score (nSPS) is 11.0. The number of rotatable bonds is 7. The molecule has 0 saturated heterocycles. The quantitative estimate of drug-likeness (QED) is 0.592. The summed E-state index contributed by atoms with van der Waals surface area (Å²) in [4.78, 5) is 23.9. The Morgan fingerprint density at radius 1 is 1.00 bits per heavy atom. The molecule has 0 spiro atoms. The zero-order valence-corrected chi connectivity index (χ0v) is 15.2. The van der Waals surface area contributed by atoms with Gasteiger partial charge in [-0.2, -0.15) is 5.10 Å². The Bertz CT molecular complexity index is 798. The summed E-state index contributed by atoms with van der Waals surface area (Å²) >= 11 is 0. The fourth-order valence-corrected chi connectivity index (χ4v) is 2.25. The summed E-state index contributed by atoms with van der Waals surface area (Å²) in [5, 5.41) is 6.81. The lowest BCUT2D eigenvalue weighted by molar-refractivity contribution is -0.124. The molecular weight excluding hydrogens is 330 g/mol. The summed E-state index contributed by atoms with van der Waals surface area (Å²) in [5.41, 5.74) is 5.86. The predicted octanol–water partition coefficient (Wildman–Crippen LogP) is 3.26. The first-order chi connectivity index (χ1) is 12.5. The highest BCUT2D eigenvalue weighted by Gasteiger charge is 2.09. The van der Waals surface area contributed by atoms with Gasteiger partial charge in [-0.15, -0.1) is 0 Å².